The Morgan fingerprint density at radius 1 is 0.905 bits per heavy atom. The van der Waals surface area contributed by atoms with Gasteiger partial charge in [-0.15, -0.1) is 0 Å². The van der Waals surface area contributed by atoms with E-state index in [9.17, 15) is 9.59 Å². The molecule has 4 rings (SSSR count). The number of carbonyl (C=O) groups excluding carboxylic acids is 2. The number of ketones is 1. The third-order valence-corrected chi connectivity index (χ3v) is 4.14. The van der Waals surface area contributed by atoms with Gasteiger partial charge in [0.25, 0.3) is 0 Å². The van der Waals surface area contributed by atoms with Gasteiger partial charge in [-0.05, 0) is 11.6 Å². The summed E-state index contributed by atoms with van der Waals surface area (Å²) in [6.07, 6.45) is 2.27. The lowest BCUT2D eigenvalue weighted by atomic mass is 9.87. The first-order chi connectivity index (χ1) is 10.2. The van der Waals surface area contributed by atoms with E-state index in [1.54, 1.807) is 18.2 Å². The molecule has 0 fully saturated rings. The smallest absolute Gasteiger partial charge is 0.339 e. The summed E-state index contributed by atoms with van der Waals surface area (Å²) in [7, 11) is 0. The standard InChI is InChI=1S/C18H12O3/c19-16-13(12-6-2-1-3-7-12)10-11-18(16)15-9-5-4-8-14(15)17(20)21-18/h1-10H,11H2/t18-/m1/s1. The monoisotopic (exact) mass is 276 g/mol. The fourth-order valence-electron chi connectivity index (χ4n) is 3.12. The Kier molecular flexibility index (Phi) is 2.39. The van der Waals surface area contributed by atoms with Crippen molar-refractivity contribution in [1.82, 2.24) is 0 Å². The van der Waals surface area contributed by atoms with Gasteiger partial charge in [-0.3, -0.25) is 4.79 Å². The number of benzene rings is 2. The molecule has 0 unspecified atom stereocenters. The number of fused-ring (bicyclic) bond motifs is 2. The van der Waals surface area contributed by atoms with Crippen LogP contribution in [0.1, 0.15) is 27.9 Å². The highest BCUT2D eigenvalue weighted by molar-refractivity contribution is 6.28. The molecule has 21 heavy (non-hydrogen) atoms. The number of esters is 1. The first kappa shape index (κ1) is 12.1. The van der Waals surface area contributed by atoms with Crippen LogP contribution in [0.25, 0.3) is 5.57 Å². The predicted octanol–water partition coefficient (Wildman–Crippen LogP) is 3.11. The first-order valence-electron chi connectivity index (χ1n) is 6.86. The third kappa shape index (κ3) is 1.54. The second kappa shape index (κ2) is 4.16. The van der Waals surface area contributed by atoms with E-state index in [0.717, 1.165) is 5.56 Å². The number of hydrogen-bond acceptors (Lipinski definition) is 3. The average Bonchev–Trinajstić information content (AvgIpc) is 3.01. The van der Waals surface area contributed by atoms with Crippen molar-refractivity contribution in [3.8, 4) is 0 Å². The van der Waals surface area contributed by atoms with Crippen LogP contribution in [0, 0.1) is 0 Å². The van der Waals surface area contributed by atoms with Crippen LogP contribution < -0.4 is 0 Å². The summed E-state index contributed by atoms with van der Waals surface area (Å²) in [5, 5.41) is 0. The Morgan fingerprint density at radius 2 is 1.62 bits per heavy atom. The molecule has 0 amide bonds. The van der Waals surface area contributed by atoms with Crippen LogP contribution in [-0.4, -0.2) is 11.8 Å². The van der Waals surface area contributed by atoms with Gasteiger partial charge < -0.3 is 4.74 Å². The van der Waals surface area contributed by atoms with Crippen LogP contribution in [0.15, 0.2) is 60.7 Å². The van der Waals surface area contributed by atoms with Crippen molar-refractivity contribution in [2.75, 3.05) is 0 Å². The van der Waals surface area contributed by atoms with E-state index in [1.807, 2.05) is 42.5 Å². The lowest BCUT2D eigenvalue weighted by Gasteiger charge is -2.22. The quantitative estimate of drug-likeness (QED) is 0.752. The van der Waals surface area contributed by atoms with E-state index in [2.05, 4.69) is 0 Å². The lowest BCUT2D eigenvalue weighted by Crippen LogP contribution is -2.32. The van der Waals surface area contributed by atoms with Gasteiger partial charge in [-0.25, -0.2) is 4.79 Å². The number of ether oxygens (including phenoxy) is 1. The van der Waals surface area contributed by atoms with Crippen molar-refractivity contribution in [1.29, 1.82) is 0 Å². The highest BCUT2D eigenvalue weighted by Gasteiger charge is 2.54. The molecule has 2 aromatic rings. The minimum Gasteiger partial charge on any atom is -0.442 e. The number of carbonyl (C=O) groups is 2. The molecule has 2 aromatic carbocycles. The number of rotatable bonds is 1. The molecule has 1 spiro atoms. The zero-order chi connectivity index (χ0) is 14.4. The summed E-state index contributed by atoms with van der Waals surface area (Å²) in [4.78, 5) is 24.9. The predicted molar refractivity (Wildman–Crippen MR) is 77.6 cm³/mol. The summed E-state index contributed by atoms with van der Waals surface area (Å²) >= 11 is 0. The zero-order valence-corrected chi connectivity index (χ0v) is 11.2. The summed E-state index contributed by atoms with van der Waals surface area (Å²) in [6.45, 7) is 0. The average molecular weight is 276 g/mol. The minimum absolute atomic E-state index is 0.132. The van der Waals surface area contributed by atoms with Crippen LogP contribution >= 0.6 is 0 Å². The second-order valence-corrected chi connectivity index (χ2v) is 5.28. The van der Waals surface area contributed by atoms with Crippen molar-refractivity contribution in [2.24, 2.45) is 0 Å². The van der Waals surface area contributed by atoms with Crippen LogP contribution in [0.3, 0.4) is 0 Å². The molecule has 2 aliphatic rings. The Balaban J connectivity index is 1.81. The van der Waals surface area contributed by atoms with Gasteiger partial charge in [0.2, 0.25) is 11.4 Å². The van der Waals surface area contributed by atoms with E-state index < -0.39 is 11.6 Å². The summed E-state index contributed by atoms with van der Waals surface area (Å²) in [5.74, 6) is -0.548. The fourth-order valence-corrected chi connectivity index (χ4v) is 3.12. The SMILES string of the molecule is O=C1O[C@]2(CC=C(c3ccccc3)C2=O)c2ccccc21. The van der Waals surface area contributed by atoms with Crippen LogP contribution in [0.4, 0.5) is 0 Å². The van der Waals surface area contributed by atoms with Crippen LogP contribution in [-0.2, 0) is 15.1 Å². The van der Waals surface area contributed by atoms with Gasteiger partial charge in [0.05, 0.1) is 5.56 Å². The molecule has 3 nitrogen and oxygen atoms in total. The maximum absolute atomic E-state index is 12.9. The lowest BCUT2D eigenvalue weighted by molar-refractivity contribution is -0.130. The molecule has 0 saturated heterocycles. The summed E-state index contributed by atoms with van der Waals surface area (Å²) in [6, 6.07) is 16.6. The topological polar surface area (TPSA) is 43.4 Å². The van der Waals surface area contributed by atoms with E-state index in [4.69, 9.17) is 4.74 Å². The number of hydrogen-bond donors (Lipinski definition) is 0. The van der Waals surface area contributed by atoms with Crippen molar-refractivity contribution >= 4 is 17.3 Å². The Labute approximate surface area is 121 Å². The van der Waals surface area contributed by atoms with Gasteiger partial charge in [-0.2, -0.15) is 0 Å². The molecule has 102 valence electrons. The first-order valence-corrected chi connectivity index (χ1v) is 6.86. The Bertz CT molecular complexity index is 789. The molecular formula is C18H12O3. The molecule has 1 atom stereocenters. The fraction of sp³-hybridized carbons (Fsp3) is 0.111. The van der Waals surface area contributed by atoms with Crippen molar-refractivity contribution < 1.29 is 14.3 Å². The van der Waals surface area contributed by atoms with E-state index in [0.29, 0.717) is 23.1 Å². The van der Waals surface area contributed by atoms with Crippen molar-refractivity contribution in [3.05, 3.63) is 77.4 Å². The van der Waals surface area contributed by atoms with Crippen LogP contribution in [0.5, 0.6) is 0 Å². The highest BCUT2D eigenvalue weighted by Crippen LogP contribution is 2.47. The molecule has 0 saturated carbocycles. The van der Waals surface area contributed by atoms with Gasteiger partial charge in [-0.1, -0.05) is 54.6 Å². The van der Waals surface area contributed by atoms with Crippen molar-refractivity contribution in [3.63, 3.8) is 0 Å². The van der Waals surface area contributed by atoms with Crippen LogP contribution in [0.2, 0.25) is 0 Å². The second-order valence-electron chi connectivity index (χ2n) is 5.28. The Morgan fingerprint density at radius 3 is 2.43 bits per heavy atom. The summed E-state index contributed by atoms with van der Waals surface area (Å²) in [5.41, 5.74) is 1.51. The van der Waals surface area contributed by atoms with Gasteiger partial charge in [0.1, 0.15) is 0 Å². The molecule has 1 aliphatic carbocycles. The largest absolute Gasteiger partial charge is 0.442 e. The molecule has 1 aliphatic heterocycles. The molecule has 0 bridgehead atoms. The van der Waals surface area contributed by atoms with Gasteiger partial charge in [0, 0.05) is 17.6 Å². The van der Waals surface area contributed by atoms with E-state index in [1.165, 1.54) is 0 Å². The van der Waals surface area contributed by atoms with E-state index >= 15 is 0 Å². The highest BCUT2D eigenvalue weighted by atomic mass is 16.6. The molecular weight excluding hydrogens is 264 g/mol. The molecule has 1 heterocycles. The molecule has 0 N–H and O–H groups in total. The maximum atomic E-state index is 12.9. The van der Waals surface area contributed by atoms with E-state index in [-0.39, 0.29) is 5.78 Å². The Hall–Kier alpha value is -2.68. The summed E-state index contributed by atoms with van der Waals surface area (Å²) < 4.78 is 5.50. The van der Waals surface area contributed by atoms with Gasteiger partial charge >= 0.3 is 5.97 Å². The molecule has 0 aromatic heterocycles. The maximum Gasteiger partial charge on any atom is 0.339 e. The zero-order valence-electron chi connectivity index (χ0n) is 11.2. The number of Topliss-reactive ketones (excluding diaryl/α,β-unsaturated/α-hetero) is 1. The van der Waals surface area contributed by atoms with Gasteiger partial charge in [0.15, 0.2) is 0 Å². The normalized spacial score (nSPS) is 23.1. The minimum atomic E-state index is -1.15. The third-order valence-electron chi connectivity index (χ3n) is 4.14. The molecule has 3 heteroatoms. The molecule has 0 radical (unpaired) electrons. The van der Waals surface area contributed by atoms with Crippen molar-refractivity contribution in [2.45, 2.75) is 12.0 Å².